The van der Waals surface area contributed by atoms with E-state index >= 15 is 0 Å². The van der Waals surface area contributed by atoms with E-state index < -0.39 is 30.1 Å². The van der Waals surface area contributed by atoms with Gasteiger partial charge in [0.1, 0.15) is 5.82 Å². The van der Waals surface area contributed by atoms with E-state index in [0.29, 0.717) is 6.54 Å². The van der Waals surface area contributed by atoms with Gasteiger partial charge in [0.15, 0.2) is 0 Å². The quantitative estimate of drug-likeness (QED) is 0.754. The summed E-state index contributed by atoms with van der Waals surface area (Å²) in [7, 11) is 1.36. The van der Waals surface area contributed by atoms with Crippen LogP contribution in [0.3, 0.4) is 0 Å². The molecule has 114 valence electrons. The molecule has 9 heteroatoms. The molecule has 0 aromatic carbocycles. The molecule has 1 heterocycles. The van der Waals surface area contributed by atoms with Crippen LogP contribution in [-0.2, 0) is 12.6 Å². The summed E-state index contributed by atoms with van der Waals surface area (Å²) in [6, 6.07) is -0.586. The van der Waals surface area contributed by atoms with Crippen molar-refractivity contribution >= 4 is 6.03 Å². The van der Waals surface area contributed by atoms with Crippen molar-refractivity contribution in [2.45, 2.75) is 25.1 Å². The summed E-state index contributed by atoms with van der Waals surface area (Å²) in [6.07, 6.45) is -3.14. The summed E-state index contributed by atoms with van der Waals surface area (Å²) in [5.41, 5.74) is -3.11. The summed E-state index contributed by atoms with van der Waals surface area (Å²) in [5, 5.41) is 14.6. The van der Waals surface area contributed by atoms with E-state index in [1.807, 2.05) is 0 Å². The van der Waals surface area contributed by atoms with Crippen molar-refractivity contribution in [1.29, 1.82) is 0 Å². The molecule has 0 radical (unpaired) electrons. The number of carbonyl (C=O) groups is 1. The Bertz CT molecular complexity index is 461. The molecule has 1 rings (SSSR count). The Kier molecular flexibility index (Phi) is 4.98. The van der Waals surface area contributed by atoms with Gasteiger partial charge in [-0.3, -0.25) is 0 Å². The average Bonchev–Trinajstić information content (AvgIpc) is 2.74. The maximum Gasteiger partial charge on any atom is 0.424 e. The average molecular weight is 294 g/mol. The first kappa shape index (κ1) is 16.3. The fourth-order valence-electron chi connectivity index (χ4n) is 1.72. The Morgan fingerprint density at radius 1 is 1.45 bits per heavy atom. The molecule has 0 aliphatic rings. The zero-order valence-electron chi connectivity index (χ0n) is 11.2. The first-order valence-electron chi connectivity index (χ1n) is 6.01. The van der Waals surface area contributed by atoms with Crippen molar-refractivity contribution < 1.29 is 23.1 Å². The second-order valence-corrected chi connectivity index (χ2v) is 4.26. The molecule has 0 aliphatic carbocycles. The number of amides is 2. The standard InChI is InChI=1S/C11H17F3N4O2/c1-3-15-9(19)17-5-4-10(20,11(12,13)14)8-16-6-7-18(8)2/h6-7,20H,3-5H2,1-2H3,(H2,15,17,19). The molecule has 1 aromatic rings. The van der Waals surface area contributed by atoms with Crippen LogP contribution in [0.2, 0.25) is 0 Å². The van der Waals surface area contributed by atoms with Gasteiger partial charge in [0.25, 0.3) is 0 Å². The molecule has 1 aromatic heterocycles. The van der Waals surface area contributed by atoms with Crippen LogP contribution >= 0.6 is 0 Å². The molecule has 0 saturated carbocycles. The monoisotopic (exact) mass is 294 g/mol. The highest BCUT2D eigenvalue weighted by Gasteiger charge is 2.57. The van der Waals surface area contributed by atoms with Crippen molar-refractivity contribution in [3.63, 3.8) is 0 Å². The van der Waals surface area contributed by atoms with Gasteiger partial charge in [-0.2, -0.15) is 13.2 Å². The maximum atomic E-state index is 13.1. The minimum absolute atomic E-state index is 0.339. The van der Waals surface area contributed by atoms with Gasteiger partial charge in [0.2, 0.25) is 5.60 Å². The van der Waals surface area contributed by atoms with E-state index in [4.69, 9.17) is 0 Å². The van der Waals surface area contributed by atoms with Crippen molar-refractivity contribution in [3.05, 3.63) is 18.2 Å². The molecule has 0 bridgehead atoms. The molecule has 2 amide bonds. The number of imidazole rings is 1. The van der Waals surface area contributed by atoms with Gasteiger partial charge in [-0.1, -0.05) is 0 Å². The van der Waals surface area contributed by atoms with Crippen LogP contribution in [0.25, 0.3) is 0 Å². The van der Waals surface area contributed by atoms with E-state index in [-0.39, 0.29) is 6.54 Å². The maximum absolute atomic E-state index is 13.1. The van der Waals surface area contributed by atoms with Gasteiger partial charge in [-0.25, -0.2) is 9.78 Å². The number of carbonyl (C=O) groups excluding carboxylic acids is 1. The predicted octanol–water partition coefficient (Wildman–Crippen LogP) is 0.879. The highest BCUT2D eigenvalue weighted by molar-refractivity contribution is 5.73. The molecule has 6 nitrogen and oxygen atoms in total. The SMILES string of the molecule is CCNC(=O)NCCC(O)(c1nccn1C)C(F)(F)F. The molecular weight excluding hydrogens is 277 g/mol. The molecule has 1 atom stereocenters. The van der Waals surface area contributed by atoms with E-state index in [0.717, 1.165) is 4.57 Å². The van der Waals surface area contributed by atoms with Crippen LogP contribution in [0.15, 0.2) is 12.4 Å². The summed E-state index contributed by atoms with van der Waals surface area (Å²) in [5.74, 6) is -0.511. The van der Waals surface area contributed by atoms with Crippen LogP contribution in [0.5, 0.6) is 0 Å². The number of halogens is 3. The Hall–Kier alpha value is -1.77. The van der Waals surface area contributed by atoms with Crippen molar-refractivity contribution in [1.82, 2.24) is 20.2 Å². The number of urea groups is 1. The lowest BCUT2D eigenvalue weighted by Gasteiger charge is -2.29. The van der Waals surface area contributed by atoms with Crippen LogP contribution in [0.1, 0.15) is 19.2 Å². The fourth-order valence-corrected chi connectivity index (χ4v) is 1.72. The normalized spacial score (nSPS) is 14.7. The summed E-state index contributed by atoms with van der Waals surface area (Å²) in [6.45, 7) is 1.70. The third-order valence-electron chi connectivity index (χ3n) is 2.77. The Morgan fingerprint density at radius 2 is 2.10 bits per heavy atom. The van der Waals surface area contributed by atoms with Gasteiger partial charge in [-0.15, -0.1) is 0 Å². The molecule has 1 unspecified atom stereocenters. The lowest BCUT2D eigenvalue weighted by atomic mass is 9.97. The smallest absolute Gasteiger partial charge is 0.374 e. The predicted molar refractivity (Wildman–Crippen MR) is 64.9 cm³/mol. The minimum Gasteiger partial charge on any atom is -0.374 e. The largest absolute Gasteiger partial charge is 0.424 e. The van der Waals surface area contributed by atoms with Crippen LogP contribution in [0, 0.1) is 0 Å². The van der Waals surface area contributed by atoms with E-state index in [1.54, 1.807) is 6.92 Å². The van der Waals surface area contributed by atoms with Crippen molar-refractivity contribution in [3.8, 4) is 0 Å². The summed E-state index contributed by atoms with van der Waals surface area (Å²) in [4.78, 5) is 14.7. The van der Waals surface area contributed by atoms with Gasteiger partial charge in [-0.05, 0) is 6.92 Å². The van der Waals surface area contributed by atoms with Crippen LogP contribution in [0.4, 0.5) is 18.0 Å². The molecule has 3 N–H and O–H groups in total. The third-order valence-corrected chi connectivity index (χ3v) is 2.77. The second-order valence-electron chi connectivity index (χ2n) is 4.26. The topological polar surface area (TPSA) is 79.2 Å². The van der Waals surface area contributed by atoms with Gasteiger partial charge < -0.3 is 20.3 Å². The van der Waals surface area contributed by atoms with E-state index in [2.05, 4.69) is 15.6 Å². The van der Waals surface area contributed by atoms with Gasteiger partial charge >= 0.3 is 12.2 Å². The molecule has 0 spiro atoms. The minimum atomic E-state index is -4.89. The Balaban J connectivity index is 2.82. The number of aliphatic hydroxyl groups is 1. The van der Waals surface area contributed by atoms with Gasteiger partial charge in [0.05, 0.1) is 0 Å². The number of hydrogen-bond acceptors (Lipinski definition) is 3. The molecule has 0 aliphatic heterocycles. The number of nitrogens with one attached hydrogen (secondary N) is 2. The third kappa shape index (κ3) is 3.41. The van der Waals surface area contributed by atoms with Crippen LogP contribution in [-0.4, -0.2) is 40.0 Å². The lowest BCUT2D eigenvalue weighted by molar-refractivity contribution is -0.272. The second kappa shape index (κ2) is 6.12. The first-order valence-corrected chi connectivity index (χ1v) is 6.01. The van der Waals surface area contributed by atoms with E-state index in [9.17, 15) is 23.1 Å². The van der Waals surface area contributed by atoms with Crippen molar-refractivity contribution in [2.75, 3.05) is 13.1 Å². The highest BCUT2D eigenvalue weighted by atomic mass is 19.4. The number of nitrogens with zero attached hydrogens (tertiary/aromatic N) is 2. The molecular formula is C11H17F3N4O2. The zero-order valence-corrected chi connectivity index (χ0v) is 11.2. The fraction of sp³-hybridized carbons (Fsp3) is 0.636. The zero-order chi connectivity index (χ0) is 15.4. The number of hydrogen-bond donors (Lipinski definition) is 3. The van der Waals surface area contributed by atoms with Crippen LogP contribution < -0.4 is 10.6 Å². The highest BCUT2D eigenvalue weighted by Crippen LogP contribution is 2.40. The van der Waals surface area contributed by atoms with E-state index in [1.165, 1.54) is 19.4 Å². The summed E-state index contributed by atoms with van der Waals surface area (Å²) < 4.78 is 40.4. The Labute approximate surface area is 114 Å². The summed E-state index contributed by atoms with van der Waals surface area (Å²) >= 11 is 0. The van der Waals surface area contributed by atoms with Gasteiger partial charge in [0, 0.05) is 39.0 Å². The number of alkyl halides is 3. The molecule has 0 fully saturated rings. The molecule has 0 saturated heterocycles. The first-order chi connectivity index (χ1) is 9.22. The number of rotatable bonds is 5. The lowest BCUT2D eigenvalue weighted by Crippen LogP contribution is -2.47. The van der Waals surface area contributed by atoms with Crippen molar-refractivity contribution in [2.24, 2.45) is 7.05 Å². The number of aromatic nitrogens is 2. The number of aryl methyl sites for hydroxylation is 1. The Morgan fingerprint density at radius 3 is 2.55 bits per heavy atom. The molecule has 20 heavy (non-hydrogen) atoms.